The Hall–Kier alpha value is -2.84. The molecule has 2 aromatic rings. The Morgan fingerprint density at radius 3 is 2.14 bits per heavy atom. The monoisotopic (exact) mass is 505 g/mol. The maximum absolute atomic E-state index is 12.8. The SMILES string of the molecule is O=C(N1CC2(CC(n3cnc(C(F)(F)F)n3)C2)C1)N1CC2(CN(Cc3cc(C(F)(F)F)on3)C2)C1. The van der Waals surface area contributed by atoms with Crippen LogP contribution in [0.3, 0.4) is 0 Å². The van der Waals surface area contributed by atoms with Gasteiger partial charge in [0.25, 0.3) is 5.82 Å². The summed E-state index contributed by atoms with van der Waals surface area (Å²) in [4.78, 5) is 21.6. The van der Waals surface area contributed by atoms with E-state index < -0.39 is 23.9 Å². The lowest BCUT2D eigenvalue weighted by molar-refractivity contribution is -0.155. The maximum atomic E-state index is 12.8. The summed E-state index contributed by atoms with van der Waals surface area (Å²) < 4.78 is 81.5. The van der Waals surface area contributed by atoms with Gasteiger partial charge in [-0.2, -0.15) is 26.3 Å². The molecule has 0 unspecified atom stereocenters. The molecule has 3 saturated heterocycles. The van der Waals surface area contributed by atoms with Crippen LogP contribution in [0.2, 0.25) is 0 Å². The summed E-state index contributed by atoms with van der Waals surface area (Å²) in [5.74, 6) is -2.25. The van der Waals surface area contributed by atoms with Gasteiger partial charge in [0.05, 0.1) is 11.7 Å². The van der Waals surface area contributed by atoms with Gasteiger partial charge in [-0.1, -0.05) is 5.16 Å². The van der Waals surface area contributed by atoms with E-state index >= 15 is 0 Å². The number of carbonyl (C=O) groups excluding carboxylic acids is 1. The van der Waals surface area contributed by atoms with Crippen LogP contribution >= 0.6 is 0 Å². The Kier molecular flexibility index (Phi) is 4.59. The minimum atomic E-state index is -4.56. The second-order valence-electron chi connectivity index (χ2n) is 10.4. The molecule has 1 saturated carbocycles. The first-order valence-electron chi connectivity index (χ1n) is 11.1. The molecule has 2 spiro atoms. The fraction of sp³-hybridized carbons (Fsp3) is 0.700. The van der Waals surface area contributed by atoms with E-state index in [0.717, 1.165) is 12.4 Å². The van der Waals surface area contributed by atoms with E-state index in [1.54, 1.807) is 9.80 Å². The maximum Gasteiger partial charge on any atom is 0.453 e. The zero-order chi connectivity index (χ0) is 24.8. The van der Waals surface area contributed by atoms with Crippen molar-refractivity contribution < 1.29 is 35.7 Å². The molecule has 5 heterocycles. The van der Waals surface area contributed by atoms with Crippen LogP contribution in [0.4, 0.5) is 31.1 Å². The quantitative estimate of drug-likeness (QED) is 0.597. The fourth-order valence-electron chi connectivity index (χ4n) is 5.93. The molecular weight excluding hydrogens is 484 g/mol. The van der Waals surface area contributed by atoms with Crippen LogP contribution in [0.5, 0.6) is 0 Å². The third-order valence-corrected chi connectivity index (χ3v) is 7.46. The van der Waals surface area contributed by atoms with Crippen LogP contribution in [-0.2, 0) is 18.9 Å². The molecule has 0 radical (unpaired) electrons. The van der Waals surface area contributed by atoms with Gasteiger partial charge in [0.2, 0.25) is 5.76 Å². The highest BCUT2D eigenvalue weighted by molar-refractivity contribution is 5.77. The van der Waals surface area contributed by atoms with Crippen LogP contribution < -0.4 is 0 Å². The zero-order valence-electron chi connectivity index (χ0n) is 18.3. The summed E-state index contributed by atoms with van der Waals surface area (Å²) in [6.45, 7) is 3.96. The normalized spacial score (nSPS) is 23.7. The average Bonchev–Trinajstić information content (AvgIpc) is 3.29. The molecule has 9 nitrogen and oxygen atoms in total. The van der Waals surface area contributed by atoms with E-state index in [1.165, 1.54) is 4.68 Å². The molecule has 4 fully saturated rings. The predicted octanol–water partition coefficient (Wildman–Crippen LogP) is 2.88. The average molecular weight is 505 g/mol. The topological polar surface area (TPSA) is 83.5 Å². The van der Waals surface area contributed by atoms with Crippen LogP contribution in [-0.4, -0.2) is 79.9 Å². The zero-order valence-corrected chi connectivity index (χ0v) is 18.3. The summed E-state index contributed by atoms with van der Waals surface area (Å²) >= 11 is 0. The van der Waals surface area contributed by atoms with Crippen molar-refractivity contribution in [3.05, 3.63) is 29.7 Å². The molecule has 4 aliphatic rings. The molecular formula is C20H21F6N7O2. The smallest absolute Gasteiger partial charge is 0.351 e. The van der Waals surface area contributed by atoms with Gasteiger partial charge in [-0.25, -0.2) is 14.5 Å². The molecule has 2 amide bonds. The van der Waals surface area contributed by atoms with Gasteiger partial charge in [-0.3, -0.25) is 4.90 Å². The van der Waals surface area contributed by atoms with Crippen molar-refractivity contribution in [2.75, 3.05) is 39.3 Å². The van der Waals surface area contributed by atoms with Gasteiger partial charge in [0, 0.05) is 62.7 Å². The lowest BCUT2D eigenvalue weighted by Gasteiger charge is -2.63. The molecule has 35 heavy (non-hydrogen) atoms. The minimum Gasteiger partial charge on any atom is -0.351 e. The number of alkyl halides is 6. The van der Waals surface area contributed by atoms with E-state index in [1.807, 2.05) is 4.90 Å². The number of halogens is 6. The standard InChI is InChI=1S/C20H21F6N7O2/c21-19(22,23)14-1-12(29-35-14)4-30-5-18(6-30)9-32(10-18)16(34)31-7-17(8-31)2-13(3-17)33-11-27-15(28-33)20(24,25)26/h1,11,13H,2-10H2. The number of hydrogen-bond donors (Lipinski definition) is 0. The second kappa shape index (κ2) is 7.11. The highest BCUT2D eigenvalue weighted by Gasteiger charge is 2.58. The molecule has 0 N–H and O–H groups in total. The predicted molar refractivity (Wildman–Crippen MR) is 103 cm³/mol. The molecule has 1 aliphatic carbocycles. The Bertz CT molecular complexity index is 1130. The lowest BCUT2D eigenvalue weighted by atomic mass is 9.60. The molecule has 6 rings (SSSR count). The Morgan fingerprint density at radius 1 is 0.971 bits per heavy atom. The van der Waals surface area contributed by atoms with Crippen molar-refractivity contribution in [3.8, 4) is 0 Å². The van der Waals surface area contributed by atoms with Crippen LogP contribution in [0.15, 0.2) is 16.9 Å². The van der Waals surface area contributed by atoms with Gasteiger partial charge < -0.3 is 14.3 Å². The first-order chi connectivity index (χ1) is 16.3. The molecule has 190 valence electrons. The first-order valence-corrected chi connectivity index (χ1v) is 11.1. The Balaban J connectivity index is 0.926. The minimum absolute atomic E-state index is 0.0281. The second-order valence-corrected chi connectivity index (χ2v) is 10.4. The van der Waals surface area contributed by atoms with E-state index in [0.29, 0.717) is 52.1 Å². The molecule has 0 bridgehead atoms. The van der Waals surface area contributed by atoms with Crippen molar-refractivity contribution in [1.82, 2.24) is 34.6 Å². The molecule has 3 aliphatic heterocycles. The van der Waals surface area contributed by atoms with E-state index in [-0.39, 0.29) is 35.1 Å². The third-order valence-electron chi connectivity index (χ3n) is 7.46. The van der Waals surface area contributed by atoms with Crippen molar-refractivity contribution in [1.29, 1.82) is 0 Å². The fourth-order valence-corrected chi connectivity index (χ4v) is 5.93. The van der Waals surface area contributed by atoms with Gasteiger partial charge >= 0.3 is 18.4 Å². The molecule has 0 aromatic carbocycles. The summed E-state index contributed by atoms with van der Waals surface area (Å²) in [7, 11) is 0. The third kappa shape index (κ3) is 3.83. The van der Waals surface area contributed by atoms with E-state index in [2.05, 4.69) is 19.8 Å². The van der Waals surface area contributed by atoms with Crippen LogP contribution in [0.1, 0.15) is 36.2 Å². The summed E-state index contributed by atoms with van der Waals surface area (Å²) in [6, 6.07) is 0.723. The van der Waals surface area contributed by atoms with E-state index in [4.69, 9.17) is 0 Å². The largest absolute Gasteiger partial charge is 0.453 e. The van der Waals surface area contributed by atoms with Crippen molar-refractivity contribution >= 4 is 6.03 Å². The van der Waals surface area contributed by atoms with Gasteiger partial charge in [-0.15, -0.1) is 5.10 Å². The van der Waals surface area contributed by atoms with Crippen molar-refractivity contribution in [3.63, 3.8) is 0 Å². The molecule has 0 atom stereocenters. The van der Waals surface area contributed by atoms with Crippen LogP contribution in [0.25, 0.3) is 0 Å². The van der Waals surface area contributed by atoms with Crippen LogP contribution in [0, 0.1) is 10.8 Å². The van der Waals surface area contributed by atoms with Gasteiger partial charge in [0.15, 0.2) is 0 Å². The lowest BCUT2D eigenvalue weighted by Crippen LogP contribution is -2.75. The number of hydrogen-bond acceptors (Lipinski definition) is 6. The highest BCUT2D eigenvalue weighted by Crippen LogP contribution is 2.54. The summed E-state index contributed by atoms with van der Waals surface area (Å²) in [6.07, 6.45) is -6.69. The Morgan fingerprint density at radius 2 is 1.60 bits per heavy atom. The first kappa shape index (κ1) is 22.6. The number of carbonyl (C=O) groups is 1. The molecule has 15 heteroatoms. The number of rotatable bonds is 3. The number of urea groups is 1. The Labute approximate surface area is 194 Å². The highest BCUT2D eigenvalue weighted by atomic mass is 19.4. The summed E-state index contributed by atoms with van der Waals surface area (Å²) in [5.41, 5.74) is 0.136. The summed E-state index contributed by atoms with van der Waals surface area (Å²) in [5, 5.41) is 7.02. The number of nitrogens with zero attached hydrogens (tertiary/aromatic N) is 7. The van der Waals surface area contributed by atoms with Crippen molar-refractivity contribution in [2.24, 2.45) is 10.8 Å². The van der Waals surface area contributed by atoms with E-state index in [9.17, 15) is 31.1 Å². The van der Waals surface area contributed by atoms with Gasteiger partial charge in [-0.05, 0) is 12.8 Å². The van der Waals surface area contributed by atoms with Gasteiger partial charge in [0.1, 0.15) is 6.33 Å². The van der Waals surface area contributed by atoms with Crippen molar-refractivity contribution in [2.45, 2.75) is 37.8 Å². The number of aromatic nitrogens is 4. The number of amides is 2. The number of likely N-dealkylation sites (tertiary alicyclic amines) is 3. The molecule has 2 aromatic heterocycles.